The molecule has 0 aromatic carbocycles. The number of ether oxygens (including phenoxy) is 4. The van der Waals surface area contributed by atoms with E-state index in [9.17, 15) is 43.2 Å². The van der Waals surface area contributed by atoms with Crippen molar-refractivity contribution in [1.29, 1.82) is 0 Å². The zero-order valence-corrected chi connectivity index (χ0v) is 71.0. The van der Waals surface area contributed by atoms with Crippen LogP contribution in [0.15, 0.2) is 0 Å². The minimum atomic E-state index is -4.97. The fraction of sp³-hybridized carbons (Fsp3) is 0.953. The lowest BCUT2D eigenvalue weighted by molar-refractivity contribution is -0.161. The Morgan fingerprint density at radius 3 is 0.724 bits per heavy atom. The smallest absolute Gasteiger partial charge is 0.462 e. The molecule has 105 heavy (non-hydrogen) atoms. The zero-order chi connectivity index (χ0) is 77.2. The Morgan fingerprint density at radius 2 is 0.486 bits per heavy atom. The minimum Gasteiger partial charge on any atom is -0.462 e. The topological polar surface area (TPSA) is 237 Å². The van der Waals surface area contributed by atoms with Crippen molar-refractivity contribution in [1.82, 2.24) is 0 Å². The summed E-state index contributed by atoms with van der Waals surface area (Å²) in [5.41, 5.74) is 0. The van der Waals surface area contributed by atoms with Crippen LogP contribution in [0.3, 0.4) is 0 Å². The maximum atomic E-state index is 13.1. The van der Waals surface area contributed by atoms with Crippen molar-refractivity contribution in [2.45, 2.75) is 471 Å². The minimum absolute atomic E-state index is 0.106. The van der Waals surface area contributed by atoms with Crippen molar-refractivity contribution in [3.05, 3.63) is 0 Å². The second-order valence-electron chi connectivity index (χ2n) is 32.1. The van der Waals surface area contributed by atoms with Crippen molar-refractivity contribution in [3.63, 3.8) is 0 Å². The lowest BCUT2D eigenvalue weighted by Gasteiger charge is -2.21. The van der Waals surface area contributed by atoms with Crippen LogP contribution >= 0.6 is 15.6 Å². The Morgan fingerprint density at radius 1 is 0.276 bits per heavy atom. The number of esters is 4. The number of unbranched alkanes of at least 4 members (excludes halogenated alkanes) is 51. The summed E-state index contributed by atoms with van der Waals surface area (Å²) in [5, 5.41) is 10.7. The van der Waals surface area contributed by atoms with Crippen LogP contribution in [0.5, 0.6) is 0 Å². The number of aliphatic hydroxyl groups is 1. The Labute approximate surface area is 645 Å². The maximum absolute atomic E-state index is 13.1. The number of aliphatic hydroxyl groups excluding tert-OH is 1. The summed E-state index contributed by atoms with van der Waals surface area (Å²) in [6.07, 6.45) is 66.6. The highest BCUT2D eigenvalue weighted by Gasteiger charge is 2.30. The quantitative estimate of drug-likeness (QED) is 0.0222. The molecule has 3 N–H and O–H groups in total. The van der Waals surface area contributed by atoms with Crippen LogP contribution in [0.4, 0.5) is 0 Å². The number of carbonyl (C=O) groups is 4. The van der Waals surface area contributed by atoms with Crippen LogP contribution in [-0.2, 0) is 65.4 Å². The summed E-state index contributed by atoms with van der Waals surface area (Å²) in [7, 11) is -9.93. The fourth-order valence-corrected chi connectivity index (χ4v) is 14.9. The Balaban J connectivity index is 5.24. The van der Waals surface area contributed by atoms with E-state index in [1.807, 2.05) is 0 Å². The standard InChI is InChI=1S/C86H168O17P2/c1-8-10-11-12-13-14-15-16-17-20-24-27-30-39-46-53-60-67-83(88)96-73-81(102-85(90)69-62-55-48-41-31-28-25-22-19-18-21-23-26-29-38-45-52-59-66-79(7)9-2)75-100-104(92,93)98-71-80(87)72-99-105(94,95)101-76-82(103-86(91)70-63-56-49-42-35-33-37-44-51-58-65-78(5)6)74-97-84(89)68-61-54-47-40-34-32-36-43-50-57-64-77(3)4/h77-82,87H,8-76H2,1-7H3,(H,92,93)(H,94,95)/t79?,80-,81-,82-/m1/s1. The number of phosphoric acid groups is 2. The van der Waals surface area contributed by atoms with E-state index in [0.29, 0.717) is 25.7 Å². The van der Waals surface area contributed by atoms with Gasteiger partial charge in [-0.3, -0.25) is 37.3 Å². The van der Waals surface area contributed by atoms with E-state index in [0.717, 1.165) is 108 Å². The van der Waals surface area contributed by atoms with Crippen LogP contribution in [0.1, 0.15) is 453 Å². The molecule has 0 saturated carbocycles. The molecule has 0 rings (SSSR count). The molecule has 0 amide bonds. The monoisotopic (exact) mass is 1540 g/mol. The average molecular weight is 1540 g/mol. The van der Waals surface area contributed by atoms with Crippen molar-refractivity contribution >= 4 is 39.5 Å². The average Bonchev–Trinajstić information content (AvgIpc) is 0.909. The van der Waals surface area contributed by atoms with E-state index < -0.39 is 97.5 Å². The molecular weight excluding hydrogens is 1370 g/mol. The molecule has 17 nitrogen and oxygen atoms in total. The molecule has 624 valence electrons. The van der Waals surface area contributed by atoms with Gasteiger partial charge in [0, 0.05) is 25.7 Å². The number of hydrogen-bond donors (Lipinski definition) is 3. The Kier molecular flexibility index (Phi) is 74.7. The third-order valence-corrected chi connectivity index (χ3v) is 22.4. The second kappa shape index (κ2) is 76.1. The third-order valence-electron chi connectivity index (χ3n) is 20.5. The first-order chi connectivity index (χ1) is 50.8. The van der Waals surface area contributed by atoms with Gasteiger partial charge in [0.1, 0.15) is 19.3 Å². The molecule has 0 aromatic heterocycles. The predicted octanol–water partition coefficient (Wildman–Crippen LogP) is 26.1. The number of hydrogen-bond acceptors (Lipinski definition) is 15. The van der Waals surface area contributed by atoms with E-state index in [1.165, 1.54) is 263 Å². The van der Waals surface area contributed by atoms with E-state index in [2.05, 4.69) is 48.5 Å². The number of phosphoric ester groups is 2. The first kappa shape index (κ1) is 103. The van der Waals surface area contributed by atoms with E-state index >= 15 is 0 Å². The highest BCUT2D eigenvalue weighted by Crippen LogP contribution is 2.45. The van der Waals surface area contributed by atoms with Gasteiger partial charge in [0.05, 0.1) is 26.4 Å². The lowest BCUT2D eigenvalue weighted by atomic mass is 9.99. The molecule has 0 aliphatic rings. The van der Waals surface area contributed by atoms with Gasteiger partial charge in [0.2, 0.25) is 0 Å². The lowest BCUT2D eigenvalue weighted by Crippen LogP contribution is -2.30. The van der Waals surface area contributed by atoms with Crippen LogP contribution in [0.25, 0.3) is 0 Å². The van der Waals surface area contributed by atoms with E-state index in [1.54, 1.807) is 0 Å². The molecule has 0 fully saturated rings. The molecule has 0 saturated heterocycles. The van der Waals surface area contributed by atoms with Gasteiger partial charge >= 0.3 is 39.5 Å². The van der Waals surface area contributed by atoms with Gasteiger partial charge < -0.3 is 33.8 Å². The van der Waals surface area contributed by atoms with Gasteiger partial charge in [-0.15, -0.1) is 0 Å². The van der Waals surface area contributed by atoms with Crippen molar-refractivity contribution in [2.24, 2.45) is 17.8 Å². The number of carbonyl (C=O) groups excluding carboxylic acids is 4. The summed E-state index contributed by atoms with van der Waals surface area (Å²) in [6, 6.07) is 0. The van der Waals surface area contributed by atoms with E-state index in [4.69, 9.17) is 37.0 Å². The van der Waals surface area contributed by atoms with Gasteiger partial charge in [-0.2, -0.15) is 0 Å². The zero-order valence-electron chi connectivity index (χ0n) is 69.2. The van der Waals surface area contributed by atoms with Crippen LogP contribution < -0.4 is 0 Å². The molecule has 3 unspecified atom stereocenters. The van der Waals surface area contributed by atoms with Gasteiger partial charge in [-0.25, -0.2) is 9.13 Å². The van der Waals surface area contributed by atoms with E-state index in [-0.39, 0.29) is 25.7 Å². The molecular formula is C86H168O17P2. The molecule has 0 spiro atoms. The van der Waals surface area contributed by atoms with Crippen LogP contribution in [-0.4, -0.2) is 96.7 Å². The van der Waals surface area contributed by atoms with Crippen molar-refractivity contribution in [2.75, 3.05) is 39.6 Å². The molecule has 0 aromatic rings. The summed E-state index contributed by atoms with van der Waals surface area (Å²) in [4.78, 5) is 73.2. The highest BCUT2D eigenvalue weighted by atomic mass is 31.2. The normalized spacial score (nSPS) is 14.1. The molecule has 0 aliphatic heterocycles. The molecule has 0 bridgehead atoms. The van der Waals surface area contributed by atoms with Gasteiger partial charge in [-0.1, -0.05) is 402 Å². The highest BCUT2D eigenvalue weighted by molar-refractivity contribution is 7.47. The fourth-order valence-electron chi connectivity index (χ4n) is 13.3. The maximum Gasteiger partial charge on any atom is 0.472 e. The van der Waals surface area contributed by atoms with Gasteiger partial charge in [-0.05, 0) is 43.4 Å². The second-order valence-corrected chi connectivity index (χ2v) is 35.0. The van der Waals surface area contributed by atoms with Crippen LogP contribution in [0, 0.1) is 17.8 Å². The molecule has 0 aliphatic carbocycles. The molecule has 19 heteroatoms. The van der Waals surface area contributed by atoms with Crippen molar-refractivity contribution < 1.29 is 80.2 Å². The first-order valence-electron chi connectivity index (χ1n) is 44.4. The summed E-state index contributed by atoms with van der Waals surface area (Å²) < 4.78 is 68.9. The van der Waals surface area contributed by atoms with Gasteiger partial charge in [0.15, 0.2) is 12.2 Å². The largest absolute Gasteiger partial charge is 0.472 e. The summed E-state index contributed by atoms with van der Waals surface area (Å²) in [6.45, 7) is 12.0. The molecule has 0 heterocycles. The number of rotatable bonds is 84. The summed E-state index contributed by atoms with van der Waals surface area (Å²) in [5.74, 6) is 0.277. The predicted molar refractivity (Wildman–Crippen MR) is 432 cm³/mol. The Hall–Kier alpha value is -1.94. The van der Waals surface area contributed by atoms with Crippen LogP contribution in [0.2, 0.25) is 0 Å². The van der Waals surface area contributed by atoms with Crippen molar-refractivity contribution in [3.8, 4) is 0 Å². The van der Waals surface area contributed by atoms with Gasteiger partial charge in [0.25, 0.3) is 0 Å². The summed E-state index contributed by atoms with van der Waals surface area (Å²) >= 11 is 0. The molecule has 0 radical (unpaired) electrons. The third kappa shape index (κ3) is 78.5. The molecule has 6 atom stereocenters. The first-order valence-corrected chi connectivity index (χ1v) is 47.4. The SMILES string of the molecule is CCCCCCCCCCCCCCCCCCCC(=O)OC[C@H](COP(=O)(O)OC[C@@H](O)COP(=O)(O)OC[C@@H](COC(=O)CCCCCCCCCCCCC(C)C)OC(=O)CCCCCCCCCCCCC(C)C)OC(=O)CCCCCCCCCCCCCCCCCCCCC(C)CC. The Bertz CT molecular complexity index is 2030.